The Labute approximate surface area is 90.6 Å². The van der Waals surface area contributed by atoms with Crippen molar-refractivity contribution >= 4 is 11.9 Å². The van der Waals surface area contributed by atoms with Crippen molar-refractivity contribution < 1.29 is 14.7 Å². The first-order chi connectivity index (χ1) is 7.55. The van der Waals surface area contributed by atoms with Gasteiger partial charge in [-0.2, -0.15) is 5.21 Å². The summed E-state index contributed by atoms with van der Waals surface area (Å²) in [5.41, 5.74) is -1.17. The second-order valence-corrected chi connectivity index (χ2v) is 3.87. The lowest BCUT2D eigenvalue weighted by molar-refractivity contribution is -0.147. The van der Waals surface area contributed by atoms with E-state index < -0.39 is 17.4 Å². The summed E-state index contributed by atoms with van der Waals surface area (Å²) < 4.78 is 0. The van der Waals surface area contributed by atoms with Gasteiger partial charge < -0.3 is 10.0 Å². The number of carboxylic acid groups (broad SMARTS) is 1. The lowest BCUT2D eigenvalue weighted by Crippen LogP contribution is -2.51. The van der Waals surface area contributed by atoms with Crippen LogP contribution in [0.1, 0.15) is 30.4 Å². The maximum Gasteiger partial charge on any atom is 0.329 e. The molecule has 8 heteroatoms. The van der Waals surface area contributed by atoms with Gasteiger partial charge in [0.1, 0.15) is 5.54 Å². The minimum absolute atomic E-state index is 0.102. The van der Waals surface area contributed by atoms with Crippen LogP contribution in [0, 0.1) is 0 Å². The molecule has 0 bridgehead atoms. The molecule has 1 fully saturated rings. The molecule has 0 saturated carbocycles. The largest absolute Gasteiger partial charge is 0.480 e. The minimum Gasteiger partial charge on any atom is -0.480 e. The normalized spacial score (nSPS) is 24.7. The number of rotatable bonds is 2. The van der Waals surface area contributed by atoms with Crippen molar-refractivity contribution in [3.8, 4) is 0 Å². The van der Waals surface area contributed by atoms with Crippen molar-refractivity contribution in [2.24, 2.45) is 0 Å². The van der Waals surface area contributed by atoms with Gasteiger partial charge in [0.25, 0.3) is 11.7 Å². The maximum absolute atomic E-state index is 11.9. The van der Waals surface area contributed by atoms with Crippen molar-refractivity contribution in [3.05, 3.63) is 5.82 Å². The zero-order chi connectivity index (χ0) is 11.8. The van der Waals surface area contributed by atoms with Crippen LogP contribution in [-0.2, 0) is 4.79 Å². The van der Waals surface area contributed by atoms with Crippen molar-refractivity contribution in [3.63, 3.8) is 0 Å². The highest BCUT2D eigenvalue weighted by Crippen LogP contribution is 2.30. The molecule has 0 radical (unpaired) electrons. The lowest BCUT2D eigenvalue weighted by atomic mass is 9.99. The fraction of sp³-hybridized carbons (Fsp3) is 0.625. The minimum atomic E-state index is -1.17. The highest BCUT2D eigenvalue weighted by molar-refractivity contribution is 5.95. The van der Waals surface area contributed by atoms with E-state index in [1.807, 2.05) is 0 Å². The molecule has 1 aromatic rings. The zero-order valence-corrected chi connectivity index (χ0v) is 8.67. The molecule has 1 amide bonds. The average Bonchev–Trinajstić information content (AvgIpc) is 2.85. The Kier molecular flexibility index (Phi) is 2.33. The van der Waals surface area contributed by atoms with Crippen molar-refractivity contribution in [1.29, 1.82) is 0 Å². The quantitative estimate of drug-likeness (QED) is 0.686. The number of H-pyrrole nitrogens is 1. The van der Waals surface area contributed by atoms with E-state index in [9.17, 15) is 9.59 Å². The second kappa shape index (κ2) is 3.54. The summed E-state index contributed by atoms with van der Waals surface area (Å²) in [7, 11) is 0. The first kappa shape index (κ1) is 10.5. The van der Waals surface area contributed by atoms with Crippen LogP contribution in [0.2, 0.25) is 0 Å². The second-order valence-electron chi connectivity index (χ2n) is 3.87. The van der Waals surface area contributed by atoms with E-state index in [-0.39, 0.29) is 5.82 Å². The molecular weight excluding hydrogens is 214 g/mol. The highest BCUT2D eigenvalue weighted by Gasteiger charge is 2.46. The molecule has 8 nitrogen and oxygen atoms in total. The topological polar surface area (TPSA) is 112 Å². The third kappa shape index (κ3) is 1.42. The van der Waals surface area contributed by atoms with Crippen molar-refractivity contribution in [1.82, 2.24) is 25.5 Å². The molecule has 0 spiro atoms. The Hall–Kier alpha value is -1.99. The molecule has 2 N–H and O–H groups in total. The molecule has 1 unspecified atom stereocenters. The molecule has 86 valence electrons. The number of hydrogen-bond acceptors (Lipinski definition) is 5. The van der Waals surface area contributed by atoms with E-state index in [0.717, 1.165) is 0 Å². The van der Waals surface area contributed by atoms with Gasteiger partial charge >= 0.3 is 5.97 Å². The fourth-order valence-electron chi connectivity index (χ4n) is 1.88. The number of nitrogens with zero attached hydrogens (tertiary/aromatic N) is 4. The van der Waals surface area contributed by atoms with Gasteiger partial charge in [-0.25, -0.2) is 4.79 Å². The monoisotopic (exact) mass is 225 g/mol. The fourth-order valence-corrected chi connectivity index (χ4v) is 1.88. The molecule has 16 heavy (non-hydrogen) atoms. The number of tetrazole rings is 1. The van der Waals surface area contributed by atoms with Gasteiger partial charge in [0.2, 0.25) is 0 Å². The number of nitrogens with one attached hydrogen (secondary N) is 1. The van der Waals surface area contributed by atoms with Gasteiger partial charge in [-0.1, -0.05) is 0 Å². The van der Waals surface area contributed by atoms with Gasteiger partial charge in [-0.05, 0) is 25.0 Å². The molecule has 1 aromatic heterocycles. The van der Waals surface area contributed by atoms with Crippen LogP contribution < -0.4 is 0 Å². The number of amides is 1. The molecule has 0 aromatic carbocycles. The average molecular weight is 225 g/mol. The number of aromatic nitrogens is 4. The number of carbonyl (C=O) groups is 2. The number of likely N-dealkylation sites (tertiary alicyclic amines) is 1. The van der Waals surface area contributed by atoms with Gasteiger partial charge in [0.05, 0.1) is 0 Å². The smallest absolute Gasteiger partial charge is 0.329 e. The van der Waals surface area contributed by atoms with Crippen LogP contribution in [0.3, 0.4) is 0 Å². The molecule has 2 heterocycles. The summed E-state index contributed by atoms with van der Waals surface area (Å²) in [6, 6.07) is 0. The summed E-state index contributed by atoms with van der Waals surface area (Å²) >= 11 is 0. The van der Waals surface area contributed by atoms with E-state index in [2.05, 4.69) is 20.6 Å². The van der Waals surface area contributed by atoms with Crippen LogP contribution in [0.5, 0.6) is 0 Å². The number of aliphatic carboxylic acids is 1. The van der Waals surface area contributed by atoms with Crippen molar-refractivity contribution in [2.45, 2.75) is 25.3 Å². The first-order valence-electron chi connectivity index (χ1n) is 4.84. The van der Waals surface area contributed by atoms with Gasteiger partial charge in [-0.3, -0.25) is 4.79 Å². The van der Waals surface area contributed by atoms with E-state index >= 15 is 0 Å². The summed E-state index contributed by atoms with van der Waals surface area (Å²) in [4.78, 5) is 24.3. The molecular formula is C8H11N5O3. The standard InChI is InChI=1S/C8H11N5O3/c1-8(7(15)16)3-2-4-13(8)6(14)5-9-11-12-10-5/h2-4H2,1H3,(H,15,16)(H,9,10,11,12). The lowest BCUT2D eigenvalue weighted by Gasteiger charge is -2.29. The molecule has 1 atom stereocenters. The van der Waals surface area contributed by atoms with Crippen LogP contribution in [0.4, 0.5) is 0 Å². The molecule has 2 rings (SSSR count). The third-order valence-electron chi connectivity index (χ3n) is 2.88. The van der Waals surface area contributed by atoms with E-state index in [1.54, 1.807) is 0 Å². The Morgan fingerprint density at radius 3 is 2.88 bits per heavy atom. The molecule has 0 aliphatic carbocycles. The summed E-state index contributed by atoms with van der Waals surface area (Å²) in [6.45, 7) is 1.93. The molecule has 1 aliphatic rings. The van der Waals surface area contributed by atoms with Crippen LogP contribution in [0.25, 0.3) is 0 Å². The molecule has 1 aliphatic heterocycles. The van der Waals surface area contributed by atoms with E-state index in [0.29, 0.717) is 19.4 Å². The van der Waals surface area contributed by atoms with Gasteiger partial charge in [0.15, 0.2) is 0 Å². The number of hydrogen-bond donors (Lipinski definition) is 2. The zero-order valence-electron chi connectivity index (χ0n) is 8.67. The number of carbonyl (C=O) groups excluding carboxylic acids is 1. The van der Waals surface area contributed by atoms with Gasteiger partial charge in [-0.15, -0.1) is 10.2 Å². The SMILES string of the molecule is CC1(C(=O)O)CCCN1C(=O)c1nn[nH]n1. The number of carboxylic acids is 1. The maximum atomic E-state index is 11.9. The first-order valence-corrected chi connectivity index (χ1v) is 4.84. The number of aromatic amines is 1. The summed E-state index contributed by atoms with van der Waals surface area (Å²) in [6.07, 6.45) is 1.10. The van der Waals surface area contributed by atoms with Crippen LogP contribution >= 0.6 is 0 Å². The Bertz CT molecular complexity index is 417. The predicted octanol–water partition coefficient (Wildman–Crippen LogP) is -0.721. The summed E-state index contributed by atoms with van der Waals surface area (Å²) in [5.74, 6) is -1.62. The predicted molar refractivity (Wildman–Crippen MR) is 50.5 cm³/mol. The van der Waals surface area contributed by atoms with Gasteiger partial charge in [0, 0.05) is 6.54 Å². The van der Waals surface area contributed by atoms with E-state index in [1.165, 1.54) is 11.8 Å². The third-order valence-corrected chi connectivity index (χ3v) is 2.88. The van der Waals surface area contributed by atoms with Crippen LogP contribution in [-0.4, -0.2) is 54.6 Å². The Morgan fingerprint density at radius 1 is 1.56 bits per heavy atom. The Balaban J connectivity index is 2.27. The van der Waals surface area contributed by atoms with Crippen LogP contribution in [0.15, 0.2) is 0 Å². The highest BCUT2D eigenvalue weighted by atomic mass is 16.4. The Morgan fingerprint density at radius 2 is 2.31 bits per heavy atom. The van der Waals surface area contributed by atoms with E-state index in [4.69, 9.17) is 5.11 Å². The summed E-state index contributed by atoms with van der Waals surface area (Å²) in [5, 5.41) is 21.7. The molecule has 1 saturated heterocycles. The van der Waals surface area contributed by atoms with Crippen molar-refractivity contribution in [2.75, 3.05) is 6.54 Å².